The summed E-state index contributed by atoms with van der Waals surface area (Å²) >= 11 is 0. The number of imidazole rings is 1. The zero-order valence-electron chi connectivity index (χ0n) is 14.3. The molecule has 1 unspecified atom stereocenters. The molecular formula is C18H21N3O3S. The fourth-order valence-electron chi connectivity index (χ4n) is 2.80. The Morgan fingerprint density at radius 2 is 2.12 bits per heavy atom. The summed E-state index contributed by atoms with van der Waals surface area (Å²) < 4.78 is 18.6. The van der Waals surface area contributed by atoms with Crippen molar-refractivity contribution in [2.24, 2.45) is 0 Å². The maximum Gasteiger partial charge on any atom is 0.208 e. The van der Waals surface area contributed by atoms with Crippen molar-refractivity contribution in [2.45, 2.75) is 30.7 Å². The average Bonchev–Trinajstić information content (AvgIpc) is 3.05. The van der Waals surface area contributed by atoms with Gasteiger partial charge in [0.1, 0.15) is 5.75 Å². The van der Waals surface area contributed by atoms with E-state index in [4.69, 9.17) is 4.74 Å². The van der Waals surface area contributed by atoms with Gasteiger partial charge in [0.05, 0.1) is 21.8 Å². The van der Waals surface area contributed by atoms with Gasteiger partial charge in [0.2, 0.25) is 5.69 Å². The molecule has 2 heterocycles. The lowest BCUT2D eigenvalue weighted by molar-refractivity contribution is -0.613. The van der Waals surface area contributed by atoms with Crippen molar-refractivity contribution in [3.63, 3.8) is 0 Å². The van der Waals surface area contributed by atoms with Gasteiger partial charge in [-0.05, 0) is 37.5 Å². The number of methoxy groups -OCH3 is 1. The van der Waals surface area contributed by atoms with E-state index in [9.17, 15) is 9.42 Å². The van der Waals surface area contributed by atoms with Gasteiger partial charge in [0, 0.05) is 25.3 Å². The Balaban J connectivity index is 1.83. The molecule has 6 nitrogen and oxygen atoms in total. The number of H-pyrrole nitrogens is 1. The number of nitrogens with zero attached hydrogens (tertiary/aromatic N) is 2. The van der Waals surface area contributed by atoms with E-state index in [1.54, 1.807) is 7.11 Å². The van der Waals surface area contributed by atoms with E-state index in [0.717, 1.165) is 39.7 Å². The number of hydrogen-bond acceptors (Lipinski definition) is 4. The number of aryl methyl sites for hydroxylation is 1. The lowest BCUT2D eigenvalue weighted by Crippen LogP contribution is -2.33. The summed E-state index contributed by atoms with van der Waals surface area (Å²) in [5.41, 5.74) is 4.10. The third-order valence-corrected chi connectivity index (χ3v) is 5.40. The first kappa shape index (κ1) is 17.6. The predicted octanol–water partition coefficient (Wildman–Crippen LogP) is 2.39. The van der Waals surface area contributed by atoms with Crippen LogP contribution in [0.25, 0.3) is 11.0 Å². The number of hydrogen-bond donors (Lipinski definition) is 1. The van der Waals surface area contributed by atoms with Crippen molar-refractivity contribution in [3.8, 4) is 0 Å². The number of para-hydroxylation sites is 2. The molecule has 132 valence electrons. The molecule has 25 heavy (non-hydrogen) atoms. The van der Waals surface area contributed by atoms with Gasteiger partial charge in [-0.25, -0.2) is 4.98 Å². The molecule has 3 rings (SSSR count). The van der Waals surface area contributed by atoms with Crippen LogP contribution >= 0.6 is 0 Å². The molecule has 0 spiro atoms. The zero-order chi connectivity index (χ0) is 17.8. The molecule has 0 aliphatic heterocycles. The molecule has 3 aromatic rings. The van der Waals surface area contributed by atoms with Gasteiger partial charge in [0.25, 0.3) is 0 Å². The number of ether oxygens (including phenoxy) is 1. The van der Waals surface area contributed by atoms with Crippen LogP contribution in [0.4, 0.5) is 0 Å². The predicted molar refractivity (Wildman–Crippen MR) is 96.5 cm³/mol. The van der Waals surface area contributed by atoms with Gasteiger partial charge >= 0.3 is 0 Å². The highest BCUT2D eigenvalue weighted by Gasteiger charge is 2.19. The molecule has 0 aliphatic carbocycles. The van der Waals surface area contributed by atoms with Crippen LogP contribution in [0, 0.1) is 12.1 Å². The quantitative estimate of drug-likeness (QED) is 0.399. The third-order valence-electron chi connectivity index (χ3n) is 4.24. The molecule has 0 bridgehead atoms. The fraction of sp³-hybridized carbons (Fsp3) is 0.333. The van der Waals surface area contributed by atoms with Gasteiger partial charge in [-0.1, -0.05) is 12.1 Å². The molecular weight excluding hydrogens is 338 g/mol. The van der Waals surface area contributed by atoms with Crippen LogP contribution in [0.2, 0.25) is 0 Å². The van der Waals surface area contributed by atoms with Crippen molar-refractivity contribution >= 4 is 21.8 Å². The van der Waals surface area contributed by atoms with Crippen molar-refractivity contribution in [1.29, 1.82) is 0 Å². The molecule has 2 aromatic heterocycles. The van der Waals surface area contributed by atoms with Crippen LogP contribution in [0.1, 0.15) is 23.2 Å². The largest absolute Gasteiger partial charge is 0.618 e. The van der Waals surface area contributed by atoms with E-state index < -0.39 is 10.8 Å². The highest BCUT2D eigenvalue weighted by molar-refractivity contribution is 7.84. The summed E-state index contributed by atoms with van der Waals surface area (Å²) in [6.07, 6.45) is 3.19. The number of fused-ring (bicyclic) bond motifs is 1. The van der Waals surface area contributed by atoms with E-state index in [2.05, 4.69) is 9.97 Å². The van der Waals surface area contributed by atoms with Crippen LogP contribution in [-0.2, 0) is 27.7 Å². The van der Waals surface area contributed by atoms with Gasteiger partial charge in [0.15, 0.2) is 11.4 Å². The first-order valence-electron chi connectivity index (χ1n) is 8.12. The van der Waals surface area contributed by atoms with E-state index in [1.807, 2.05) is 37.3 Å². The number of rotatable bonds is 7. The Morgan fingerprint density at radius 1 is 1.32 bits per heavy atom. The number of aromatic nitrogens is 3. The SMILES string of the molecule is COCCCc1cc[n+]([O-])c(CS(=O)c2nc3ccccc3[nH]2)c1C. The van der Waals surface area contributed by atoms with Gasteiger partial charge in [-0.3, -0.25) is 4.21 Å². The van der Waals surface area contributed by atoms with E-state index in [-0.39, 0.29) is 5.75 Å². The van der Waals surface area contributed by atoms with Crippen LogP contribution in [0.5, 0.6) is 0 Å². The second kappa shape index (κ2) is 7.76. The summed E-state index contributed by atoms with van der Waals surface area (Å²) in [4.78, 5) is 7.44. The normalized spacial score (nSPS) is 12.6. The standard InChI is InChI=1S/C18H21N3O3S/c1-13-14(6-5-11-24-2)9-10-21(22)17(13)12-25(23)18-19-15-7-3-4-8-16(15)20-18/h3-4,7-10H,5-6,11-12H2,1-2H3,(H,19,20). The average molecular weight is 359 g/mol. The zero-order valence-corrected chi connectivity index (χ0v) is 15.1. The fourth-order valence-corrected chi connectivity index (χ4v) is 3.96. The lowest BCUT2D eigenvalue weighted by Gasteiger charge is -2.11. The Kier molecular flexibility index (Phi) is 5.45. The first-order valence-corrected chi connectivity index (χ1v) is 9.44. The van der Waals surface area contributed by atoms with Crippen LogP contribution < -0.4 is 4.73 Å². The second-order valence-electron chi connectivity index (χ2n) is 5.88. The van der Waals surface area contributed by atoms with Crippen molar-refractivity contribution in [3.05, 3.63) is 58.6 Å². The van der Waals surface area contributed by atoms with Gasteiger partial charge in [-0.2, -0.15) is 4.73 Å². The minimum absolute atomic E-state index is 0.132. The number of pyridine rings is 1. The van der Waals surface area contributed by atoms with Crippen molar-refractivity contribution in [2.75, 3.05) is 13.7 Å². The van der Waals surface area contributed by atoms with Gasteiger partial charge < -0.3 is 14.9 Å². The van der Waals surface area contributed by atoms with Crippen LogP contribution in [0.15, 0.2) is 41.7 Å². The smallest absolute Gasteiger partial charge is 0.208 e. The highest BCUT2D eigenvalue weighted by atomic mass is 32.2. The molecule has 1 N–H and O–H groups in total. The highest BCUT2D eigenvalue weighted by Crippen LogP contribution is 2.18. The van der Waals surface area contributed by atoms with E-state index in [1.165, 1.54) is 6.20 Å². The van der Waals surface area contributed by atoms with E-state index in [0.29, 0.717) is 17.5 Å². The molecule has 7 heteroatoms. The van der Waals surface area contributed by atoms with Crippen LogP contribution in [-0.4, -0.2) is 27.9 Å². The monoisotopic (exact) mass is 359 g/mol. The molecule has 1 atom stereocenters. The Hall–Kier alpha value is -2.25. The van der Waals surface area contributed by atoms with E-state index >= 15 is 0 Å². The maximum absolute atomic E-state index is 12.7. The topological polar surface area (TPSA) is 81.9 Å². The summed E-state index contributed by atoms with van der Waals surface area (Å²) in [6.45, 7) is 2.58. The van der Waals surface area contributed by atoms with Crippen LogP contribution in [0.3, 0.4) is 0 Å². The first-order chi connectivity index (χ1) is 12.1. The molecule has 0 radical (unpaired) electrons. The van der Waals surface area contributed by atoms with Crippen molar-refractivity contribution < 1.29 is 13.7 Å². The third kappa shape index (κ3) is 3.88. The molecule has 1 aromatic carbocycles. The Bertz CT molecular complexity index is 875. The molecule has 0 fully saturated rings. The molecule has 0 saturated heterocycles. The second-order valence-corrected chi connectivity index (χ2v) is 7.25. The summed E-state index contributed by atoms with van der Waals surface area (Å²) in [5, 5.41) is 12.6. The molecule has 0 saturated carbocycles. The van der Waals surface area contributed by atoms with Gasteiger partial charge in [-0.15, -0.1) is 0 Å². The lowest BCUT2D eigenvalue weighted by atomic mass is 10.0. The number of aromatic amines is 1. The van der Waals surface area contributed by atoms with Crippen molar-refractivity contribution in [1.82, 2.24) is 9.97 Å². The summed E-state index contributed by atoms with van der Waals surface area (Å²) in [7, 11) is 0.257. The minimum Gasteiger partial charge on any atom is -0.618 e. The maximum atomic E-state index is 12.7. The molecule has 0 amide bonds. The minimum atomic E-state index is -1.42. The summed E-state index contributed by atoms with van der Waals surface area (Å²) in [5.74, 6) is 0.132. The number of nitrogens with one attached hydrogen (secondary N) is 1. The Labute approximate surface area is 148 Å². The molecule has 0 aliphatic rings. The number of benzene rings is 1. The summed E-state index contributed by atoms with van der Waals surface area (Å²) in [6, 6.07) is 9.35. The Morgan fingerprint density at radius 3 is 2.88 bits per heavy atom.